The summed E-state index contributed by atoms with van der Waals surface area (Å²) in [4.78, 5) is 21.2. The summed E-state index contributed by atoms with van der Waals surface area (Å²) in [5, 5.41) is 3.68. The first-order valence-corrected chi connectivity index (χ1v) is 11.7. The lowest BCUT2D eigenvalue weighted by atomic mass is 10.1. The predicted octanol–water partition coefficient (Wildman–Crippen LogP) is 4.68. The zero-order chi connectivity index (χ0) is 23.0. The molecule has 0 fully saturated rings. The van der Waals surface area contributed by atoms with E-state index in [1.807, 2.05) is 41.0 Å². The van der Waals surface area contributed by atoms with E-state index in [0.717, 1.165) is 28.2 Å². The molecule has 0 unspecified atom stereocenters. The fourth-order valence-corrected chi connectivity index (χ4v) is 4.40. The smallest absolute Gasteiger partial charge is 0.251 e. The minimum atomic E-state index is -0.240. The Morgan fingerprint density at radius 3 is 2.76 bits per heavy atom. The van der Waals surface area contributed by atoms with Gasteiger partial charge in [0.05, 0.1) is 23.8 Å². The fourth-order valence-electron chi connectivity index (χ4n) is 3.43. The van der Waals surface area contributed by atoms with Crippen molar-refractivity contribution in [3.05, 3.63) is 89.5 Å². The van der Waals surface area contributed by atoms with E-state index in [9.17, 15) is 9.18 Å². The number of halogens is 1. The Hall–Kier alpha value is -3.23. The topological polar surface area (TPSA) is 69.0 Å². The molecule has 0 aliphatic heterocycles. The van der Waals surface area contributed by atoms with Gasteiger partial charge in [0.25, 0.3) is 5.91 Å². The third-order valence-corrected chi connectivity index (χ3v) is 6.24. The number of rotatable bonds is 10. The van der Waals surface area contributed by atoms with Gasteiger partial charge in [-0.05, 0) is 36.2 Å². The Bertz CT molecular complexity index is 1230. The number of benzene rings is 2. The van der Waals surface area contributed by atoms with E-state index in [2.05, 4.69) is 10.3 Å². The van der Waals surface area contributed by atoms with Crippen LogP contribution in [0.15, 0.2) is 72.1 Å². The zero-order valence-corrected chi connectivity index (χ0v) is 19.1. The van der Waals surface area contributed by atoms with Crippen molar-refractivity contribution in [1.82, 2.24) is 19.9 Å². The Kier molecular flexibility index (Phi) is 7.70. The number of hydrogen-bond acceptors (Lipinski definition) is 5. The third-order valence-electron chi connectivity index (χ3n) is 5.20. The molecule has 2 aromatic carbocycles. The highest BCUT2D eigenvalue weighted by molar-refractivity contribution is 7.98. The summed E-state index contributed by atoms with van der Waals surface area (Å²) in [6, 6.07) is 16.2. The number of thioether (sulfide) groups is 1. The lowest BCUT2D eigenvalue weighted by Gasteiger charge is -2.10. The summed E-state index contributed by atoms with van der Waals surface area (Å²) in [6.07, 6.45) is 4.24. The average Bonchev–Trinajstić information content (AvgIpc) is 3.19. The maximum absolute atomic E-state index is 14.3. The van der Waals surface area contributed by atoms with Crippen LogP contribution in [0.1, 0.15) is 27.9 Å². The summed E-state index contributed by atoms with van der Waals surface area (Å²) in [5.74, 6) is 0.337. The Balaban J connectivity index is 1.46. The average molecular weight is 465 g/mol. The van der Waals surface area contributed by atoms with Crippen LogP contribution in [-0.2, 0) is 17.0 Å². The van der Waals surface area contributed by atoms with E-state index in [0.29, 0.717) is 36.6 Å². The van der Waals surface area contributed by atoms with Gasteiger partial charge in [-0.15, -0.1) is 0 Å². The monoisotopic (exact) mass is 464 g/mol. The lowest BCUT2D eigenvalue weighted by Crippen LogP contribution is -2.25. The van der Waals surface area contributed by atoms with Gasteiger partial charge in [-0.1, -0.05) is 42.1 Å². The number of ether oxygens (including phenoxy) is 1. The SMILES string of the molecule is COCCCNC(=O)c1ccc(CSc2nc3ccncc3n2Cc2ccccc2F)cc1. The van der Waals surface area contributed by atoms with E-state index in [1.54, 1.807) is 43.4 Å². The van der Waals surface area contributed by atoms with Crippen LogP contribution < -0.4 is 5.32 Å². The van der Waals surface area contributed by atoms with E-state index in [1.165, 1.54) is 6.07 Å². The second-order valence-corrected chi connectivity index (χ2v) is 8.47. The van der Waals surface area contributed by atoms with Gasteiger partial charge >= 0.3 is 0 Å². The number of nitrogens with one attached hydrogen (secondary N) is 1. The molecule has 2 heterocycles. The molecule has 0 radical (unpaired) electrons. The number of carbonyl (C=O) groups excluding carboxylic acids is 1. The summed E-state index contributed by atoms with van der Waals surface area (Å²) < 4.78 is 21.3. The number of nitrogens with zero attached hydrogens (tertiary/aromatic N) is 3. The van der Waals surface area contributed by atoms with Gasteiger partial charge in [0, 0.05) is 43.3 Å². The molecule has 4 rings (SSSR count). The molecule has 0 atom stereocenters. The number of imidazole rings is 1. The fraction of sp³-hybridized carbons (Fsp3) is 0.240. The number of amides is 1. The Morgan fingerprint density at radius 2 is 1.97 bits per heavy atom. The van der Waals surface area contributed by atoms with Crippen LogP contribution in [0.25, 0.3) is 11.0 Å². The molecule has 170 valence electrons. The minimum absolute atomic E-state index is 0.0931. The summed E-state index contributed by atoms with van der Waals surface area (Å²) in [6.45, 7) is 1.57. The molecule has 8 heteroatoms. The minimum Gasteiger partial charge on any atom is -0.385 e. The highest BCUT2D eigenvalue weighted by atomic mass is 32.2. The molecule has 0 aliphatic rings. The molecular weight excluding hydrogens is 439 g/mol. The van der Waals surface area contributed by atoms with Gasteiger partial charge in [0.1, 0.15) is 5.82 Å². The second kappa shape index (κ2) is 11.1. The quantitative estimate of drug-likeness (QED) is 0.273. The van der Waals surface area contributed by atoms with Gasteiger partial charge in [0.2, 0.25) is 0 Å². The van der Waals surface area contributed by atoms with Crippen molar-refractivity contribution in [3.63, 3.8) is 0 Å². The third kappa shape index (κ3) is 5.77. The van der Waals surface area contributed by atoms with Crippen molar-refractivity contribution in [3.8, 4) is 0 Å². The summed E-state index contributed by atoms with van der Waals surface area (Å²) in [7, 11) is 1.64. The highest BCUT2D eigenvalue weighted by Crippen LogP contribution is 2.28. The molecule has 0 aliphatic carbocycles. The van der Waals surface area contributed by atoms with Crippen LogP contribution in [0.2, 0.25) is 0 Å². The first-order valence-electron chi connectivity index (χ1n) is 10.7. The van der Waals surface area contributed by atoms with E-state index in [4.69, 9.17) is 9.72 Å². The maximum atomic E-state index is 14.3. The van der Waals surface area contributed by atoms with E-state index < -0.39 is 0 Å². The Morgan fingerprint density at radius 1 is 1.15 bits per heavy atom. The number of fused-ring (bicyclic) bond motifs is 1. The molecular formula is C25H25FN4O2S. The number of pyridine rings is 1. The van der Waals surface area contributed by atoms with Crippen LogP contribution in [0.3, 0.4) is 0 Å². The standard InChI is InChI=1S/C25H25FN4O2S/c1-32-14-4-12-28-24(31)19-9-7-18(8-10-19)17-33-25-29-22-11-13-27-15-23(22)30(25)16-20-5-2-3-6-21(20)26/h2-3,5-11,13,15H,4,12,14,16-17H2,1H3,(H,28,31). The van der Waals surface area contributed by atoms with Crippen LogP contribution >= 0.6 is 11.8 Å². The number of hydrogen-bond donors (Lipinski definition) is 1. The summed E-state index contributed by atoms with van der Waals surface area (Å²) >= 11 is 1.57. The van der Waals surface area contributed by atoms with Crippen molar-refractivity contribution >= 4 is 28.7 Å². The zero-order valence-electron chi connectivity index (χ0n) is 18.3. The van der Waals surface area contributed by atoms with Gasteiger partial charge in [-0.2, -0.15) is 0 Å². The van der Waals surface area contributed by atoms with Crippen LogP contribution in [-0.4, -0.2) is 40.7 Å². The Labute approximate surface area is 196 Å². The van der Waals surface area contributed by atoms with Crippen molar-refractivity contribution in [2.45, 2.75) is 23.9 Å². The van der Waals surface area contributed by atoms with Crippen LogP contribution in [0.4, 0.5) is 4.39 Å². The van der Waals surface area contributed by atoms with E-state index in [-0.39, 0.29) is 11.7 Å². The van der Waals surface area contributed by atoms with Gasteiger partial charge in [0.15, 0.2) is 5.16 Å². The second-order valence-electron chi connectivity index (χ2n) is 7.52. The van der Waals surface area contributed by atoms with Gasteiger partial charge in [-0.25, -0.2) is 9.37 Å². The number of methoxy groups -OCH3 is 1. The number of aromatic nitrogens is 3. The van der Waals surface area contributed by atoms with Gasteiger partial charge < -0.3 is 14.6 Å². The molecule has 0 spiro atoms. The molecule has 2 aromatic heterocycles. The molecule has 1 N–H and O–H groups in total. The van der Waals surface area contributed by atoms with Crippen molar-refractivity contribution in [2.75, 3.05) is 20.3 Å². The normalized spacial score (nSPS) is 11.1. The summed E-state index contributed by atoms with van der Waals surface area (Å²) in [5.41, 5.74) is 3.98. The molecule has 6 nitrogen and oxygen atoms in total. The van der Waals surface area contributed by atoms with E-state index >= 15 is 0 Å². The van der Waals surface area contributed by atoms with Crippen molar-refractivity contribution in [1.29, 1.82) is 0 Å². The van der Waals surface area contributed by atoms with Crippen LogP contribution in [0.5, 0.6) is 0 Å². The molecule has 1 amide bonds. The van der Waals surface area contributed by atoms with Gasteiger partial charge in [-0.3, -0.25) is 9.78 Å². The van der Waals surface area contributed by atoms with Crippen molar-refractivity contribution < 1.29 is 13.9 Å². The maximum Gasteiger partial charge on any atom is 0.251 e. The predicted molar refractivity (Wildman–Crippen MR) is 128 cm³/mol. The molecule has 0 saturated heterocycles. The molecule has 4 aromatic rings. The molecule has 33 heavy (non-hydrogen) atoms. The number of carbonyl (C=O) groups is 1. The largest absolute Gasteiger partial charge is 0.385 e. The highest BCUT2D eigenvalue weighted by Gasteiger charge is 2.14. The van der Waals surface area contributed by atoms with Crippen molar-refractivity contribution in [2.24, 2.45) is 0 Å². The molecule has 0 bridgehead atoms. The lowest BCUT2D eigenvalue weighted by molar-refractivity contribution is 0.0948. The first-order chi connectivity index (χ1) is 16.2. The first kappa shape index (κ1) is 22.9. The molecule has 0 saturated carbocycles. The van der Waals surface area contributed by atoms with Crippen LogP contribution in [0, 0.1) is 5.82 Å².